The SMILES string of the molecule is CC(C)(C)c1cc2c3c(c1)N(c1cccc4c1oc1c(C(C)(C)C)cccc14)c1ccccc1B3c1c(c3c(n1-c1ccccc1)CCCC3)N2c1ccccc1. The fourth-order valence-corrected chi connectivity index (χ4v) is 10.2. The summed E-state index contributed by atoms with van der Waals surface area (Å²) in [6.45, 7) is 13.9. The summed E-state index contributed by atoms with van der Waals surface area (Å²) in [5, 5.41) is 2.31. The van der Waals surface area contributed by atoms with Gasteiger partial charge < -0.3 is 18.8 Å². The van der Waals surface area contributed by atoms with Crippen LogP contribution in [0.25, 0.3) is 27.6 Å². The van der Waals surface area contributed by atoms with Crippen LogP contribution in [0.1, 0.15) is 76.8 Å². The van der Waals surface area contributed by atoms with E-state index in [9.17, 15) is 0 Å². The lowest BCUT2D eigenvalue weighted by Crippen LogP contribution is -2.63. The van der Waals surface area contributed by atoms with Crippen molar-refractivity contribution in [3.63, 3.8) is 0 Å². The lowest BCUT2D eigenvalue weighted by atomic mass is 9.34. The smallest absolute Gasteiger partial charge is 0.273 e. The van der Waals surface area contributed by atoms with E-state index in [1.807, 2.05) is 0 Å². The lowest BCUT2D eigenvalue weighted by molar-refractivity contribution is 0.573. The first-order chi connectivity index (χ1) is 27.6. The zero-order chi connectivity index (χ0) is 38.8. The van der Waals surface area contributed by atoms with Crippen molar-refractivity contribution in [3.05, 3.63) is 156 Å². The molecule has 2 aliphatic heterocycles. The second-order valence-electron chi connectivity index (χ2n) is 18.4. The number of nitrogens with zero attached hydrogens (tertiary/aromatic N) is 3. The van der Waals surface area contributed by atoms with Gasteiger partial charge in [0.15, 0.2) is 5.58 Å². The summed E-state index contributed by atoms with van der Waals surface area (Å²) < 4.78 is 9.80. The molecule has 4 nitrogen and oxygen atoms in total. The summed E-state index contributed by atoms with van der Waals surface area (Å²) in [6, 6.07) is 49.8. The molecule has 57 heavy (non-hydrogen) atoms. The number of para-hydroxylation sites is 5. The number of rotatable bonds is 3. The Kier molecular flexibility index (Phi) is 7.40. The first kappa shape index (κ1) is 34.3. The van der Waals surface area contributed by atoms with Crippen LogP contribution < -0.4 is 26.3 Å². The Balaban J connectivity index is 1.29. The van der Waals surface area contributed by atoms with Crippen LogP contribution in [0.3, 0.4) is 0 Å². The van der Waals surface area contributed by atoms with E-state index >= 15 is 0 Å². The summed E-state index contributed by atoms with van der Waals surface area (Å²) in [5.41, 5.74) is 19.8. The Bertz CT molecular complexity index is 2890. The van der Waals surface area contributed by atoms with E-state index in [-0.39, 0.29) is 17.5 Å². The molecule has 0 saturated heterocycles. The minimum Gasteiger partial charge on any atom is -0.454 e. The standard InChI is InChI=1S/C52H48BN3O/c1-51(2,3)33-31-44-46-45(32-33)56(43-30-18-25-37-36-24-17-26-39(52(4,5)6)48(36)57-49(37)43)42-29-16-14-27-40(42)53(46)50-47(54(44)34-19-9-7-10-20-34)38-23-13-15-28-41(38)55(50)35-21-11-8-12-22-35/h7-12,14,16-22,24-27,29-32H,13,15,23,28H2,1-6H3. The molecule has 2 aromatic heterocycles. The van der Waals surface area contributed by atoms with E-state index in [0.717, 1.165) is 35.1 Å². The van der Waals surface area contributed by atoms with Crippen molar-refractivity contribution >= 4 is 79.3 Å². The van der Waals surface area contributed by atoms with E-state index in [1.54, 1.807) is 0 Å². The van der Waals surface area contributed by atoms with Gasteiger partial charge in [-0.3, -0.25) is 0 Å². The van der Waals surface area contributed by atoms with Crippen LogP contribution in [0.4, 0.5) is 34.1 Å². The molecule has 5 heteroatoms. The number of furan rings is 1. The first-order valence-electron chi connectivity index (χ1n) is 20.8. The van der Waals surface area contributed by atoms with Crippen LogP contribution in [0, 0.1) is 0 Å². The van der Waals surface area contributed by atoms with Crippen molar-refractivity contribution < 1.29 is 4.42 Å². The van der Waals surface area contributed by atoms with Crippen LogP contribution in [0.2, 0.25) is 0 Å². The van der Waals surface area contributed by atoms with Gasteiger partial charge in [0, 0.05) is 56.1 Å². The van der Waals surface area contributed by atoms with Gasteiger partial charge in [-0.1, -0.05) is 126 Å². The normalized spacial score (nSPS) is 14.8. The molecule has 6 aromatic carbocycles. The van der Waals surface area contributed by atoms with Gasteiger partial charge in [-0.25, -0.2) is 0 Å². The van der Waals surface area contributed by atoms with Crippen molar-refractivity contribution in [1.29, 1.82) is 0 Å². The highest BCUT2D eigenvalue weighted by Gasteiger charge is 2.48. The maximum atomic E-state index is 7.14. The molecule has 0 amide bonds. The molecule has 0 saturated carbocycles. The second kappa shape index (κ2) is 12.3. The zero-order valence-electron chi connectivity index (χ0n) is 33.9. The monoisotopic (exact) mass is 741 g/mol. The Labute approximate surface area is 336 Å². The first-order valence-corrected chi connectivity index (χ1v) is 20.8. The van der Waals surface area contributed by atoms with Gasteiger partial charge in [-0.15, -0.1) is 0 Å². The molecule has 0 unspecified atom stereocenters. The molecule has 280 valence electrons. The third kappa shape index (κ3) is 5.00. The zero-order valence-corrected chi connectivity index (χ0v) is 33.9. The summed E-state index contributed by atoms with van der Waals surface area (Å²) in [6.07, 6.45) is 4.55. The average Bonchev–Trinajstić information content (AvgIpc) is 3.77. The topological polar surface area (TPSA) is 24.6 Å². The van der Waals surface area contributed by atoms with E-state index in [4.69, 9.17) is 4.42 Å². The van der Waals surface area contributed by atoms with E-state index in [1.165, 1.54) is 91.3 Å². The quantitative estimate of drug-likeness (QED) is 0.169. The molecular formula is C52H48BN3O. The molecule has 11 rings (SSSR count). The number of fused-ring (bicyclic) bond motifs is 9. The molecule has 1 aliphatic carbocycles. The van der Waals surface area contributed by atoms with E-state index < -0.39 is 0 Å². The Morgan fingerprint density at radius 2 is 1.16 bits per heavy atom. The van der Waals surface area contributed by atoms with Gasteiger partial charge in [0.25, 0.3) is 6.71 Å². The van der Waals surface area contributed by atoms with Gasteiger partial charge in [0.05, 0.1) is 11.4 Å². The number of anilines is 6. The molecule has 0 radical (unpaired) electrons. The number of aromatic nitrogens is 1. The van der Waals surface area contributed by atoms with Crippen molar-refractivity contribution in [3.8, 4) is 5.69 Å². The third-order valence-electron chi connectivity index (χ3n) is 12.8. The molecule has 0 atom stereocenters. The van der Waals surface area contributed by atoms with Crippen LogP contribution in [-0.2, 0) is 23.7 Å². The van der Waals surface area contributed by atoms with Gasteiger partial charge >= 0.3 is 0 Å². The van der Waals surface area contributed by atoms with Crippen molar-refractivity contribution in [1.82, 2.24) is 4.57 Å². The van der Waals surface area contributed by atoms with Crippen LogP contribution in [0.15, 0.2) is 138 Å². The van der Waals surface area contributed by atoms with Crippen molar-refractivity contribution in [2.45, 2.75) is 78.1 Å². The summed E-state index contributed by atoms with van der Waals surface area (Å²) in [5.74, 6) is 0. The minimum atomic E-state index is -0.103. The van der Waals surface area contributed by atoms with Gasteiger partial charge in [-0.2, -0.15) is 0 Å². The molecule has 0 bridgehead atoms. The third-order valence-corrected chi connectivity index (χ3v) is 12.8. The van der Waals surface area contributed by atoms with Crippen LogP contribution in [-0.4, -0.2) is 11.3 Å². The highest BCUT2D eigenvalue weighted by atomic mass is 16.3. The Hall–Kier alpha value is -5.94. The molecular weight excluding hydrogens is 693 g/mol. The van der Waals surface area contributed by atoms with Gasteiger partial charge in [-0.05, 0) is 107 Å². The van der Waals surface area contributed by atoms with Crippen molar-refractivity contribution in [2.24, 2.45) is 0 Å². The predicted octanol–water partition coefficient (Wildman–Crippen LogP) is 11.9. The van der Waals surface area contributed by atoms with Gasteiger partial charge in [0.2, 0.25) is 0 Å². The largest absolute Gasteiger partial charge is 0.454 e. The molecule has 3 aliphatic rings. The fraction of sp³-hybridized carbons (Fsp3) is 0.231. The highest BCUT2D eigenvalue weighted by molar-refractivity contribution is 7.00. The minimum absolute atomic E-state index is 0.0135. The molecule has 8 aromatic rings. The maximum absolute atomic E-state index is 7.14. The summed E-state index contributed by atoms with van der Waals surface area (Å²) in [4.78, 5) is 5.16. The van der Waals surface area contributed by atoms with Gasteiger partial charge in [0.1, 0.15) is 5.58 Å². The number of hydrogen-bond acceptors (Lipinski definition) is 3. The summed E-state index contributed by atoms with van der Waals surface area (Å²) in [7, 11) is 0. The second-order valence-corrected chi connectivity index (χ2v) is 18.4. The molecule has 0 N–H and O–H groups in total. The van der Waals surface area contributed by atoms with E-state index in [2.05, 4.69) is 189 Å². The predicted molar refractivity (Wildman–Crippen MR) is 241 cm³/mol. The van der Waals surface area contributed by atoms with E-state index in [0.29, 0.717) is 0 Å². The van der Waals surface area contributed by atoms with Crippen LogP contribution in [0.5, 0.6) is 0 Å². The highest BCUT2D eigenvalue weighted by Crippen LogP contribution is 2.50. The average molecular weight is 742 g/mol. The Morgan fingerprint density at radius 3 is 1.88 bits per heavy atom. The molecule has 0 fully saturated rings. The Morgan fingerprint density at radius 1 is 0.544 bits per heavy atom. The maximum Gasteiger partial charge on any atom is 0.273 e. The van der Waals surface area contributed by atoms with Crippen LogP contribution >= 0.6 is 0 Å². The molecule has 4 heterocycles. The number of benzene rings is 6. The van der Waals surface area contributed by atoms with Crippen molar-refractivity contribution in [2.75, 3.05) is 9.80 Å². The fourth-order valence-electron chi connectivity index (χ4n) is 10.2. The molecule has 0 spiro atoms. The summed E-state index contributed by atoms with van der Waals surface area (Å²) >= 11 is 0. The lowest BCUT2D eigenvalue weighted by Gasteiger charge is -2.44. The number of hydrogen-bond donors (Lipinski definition) is 0.